The van der Waals surface area contributed by atoms with Gasteiger partial charge in [0.15, 0.2) is 0 Å². The fourth-order valence-corrected chi connectivity index (χ4v) is 4.28. The van der Waals surface area contributed by atoms with Crippen molar-refractivity contribution < 1.29 is 4.79 Å². The van der Waals surface area contributed by atoms with Crippen molar-refractivity contribution in [3.05, 3.63) is 28.6 Å². The third kappa shape index (κ3) is 3.94. The first-order valence-electron chi connectivity index (χ1n) is 7.74. The summed E-state index contributed by atoms with van der Waals surface area (Å²) in [6.45, 7) is 2.54. The van der Waals surface area contributed by atoms with Gasteiger partial charge in [-0.1, -0.05) is 18.9 Å². The van der Waals surface area contributed by atoms with Crippen molar-refractivity contribution in [1.82, 2.24) is 15.6 Å². The van der Waals surface area contributed by atoms with E-state index in [1.807, 2.05) is 13.0 Å². The Labute approximate surface area is 139 Å². The van der Waals surface area contributed by atoms with Crippen LogP contribution in [0.1, 0.15) is 38.3 Å². The number of amides is 1. The van der Waals surface area contributed by atoms with Gasteiger partial charge in [-0.15, -0.1) is 22.7 Å². The predicted octanol–water partition coefficient (Wildman–Crippen LogP) is 3.41. The number of rotatable bonds is 6. The van der Waals surface area contributed by atoms with Gasteiger partial charge < -0.3 is 10.6 Å². The van der Waals surface area contributed by atoms with Crippen LogP contribution in [-0.4, -0.2) is 23.0 Å². The Balaban J connectivity index is 1.48. The molecule has 0 radical (unpaired) electrons. The highest BCUT2D eigenvalue weighted by molar-refractivity contribution is 7.20. The first-order valence-corrected chi connectivity index (χ1v) is 9.50. The van der Waals surface area contributed by atoms with E-state index < -0.39 is 0 Å². The summed E-state index contributed by atoms with van der Waals surface area (Å²) >= 11 is 3.35. The molecule has 2 N–H and O–H groups in total. The minimum absolute atomic E-state index is 0.0978. The van der Waals surface area contributed by atoms with Crippen molar-refractivity contribution in [2.24, 2.45) is 0 Å². The molecule has 2 heterocycles. The number of nitrogens with one attached hydrogen (secondary N) is 2. The van der Waals surface area contributed by atoms with Crippen LogP contribution < -0.4 is 10.6 Å². The van der Waals surface area contributed by atoms with Crippen molar-refractivity contribution in [1.29, 1.82) is 0 Å². The summed E-state index contributed by atoms with van der Waals surface area (Å²) in [5.41, 5.74) is 0.994. The number of thiophene rings is 1. The molecule has 0 bridgehead atoms. The van der Waals surface area contributed by atoms with Crippen molar-refractivity contribution in [3.63, 3.8) is 0 Å². The van der Waals surface area contributed by atoms with E-state index in [1.165, 1.54) is 17.7 Å². The van der Waals surface area contributed by atoms with E-state index in [0.717, 1.165) is 23.5 Å². The summed E-state index contributed by atoms with van der Waals surface area (Å²) in [4.78, 5) is 17.9. The number of thiazole rings is 1. The molecule has 0 saturated heterocycles. The van der Waals surface area contributed by atoms with Gasteiger partial charge in [0, 0.05) is 18.0 Å². The standard InChI is InChI=1S/C16H21N3OS2/c1-11(15(20)18-12-5-2-3-6-12)17-9-13-10-22-16(19-13)14-7-4-8-21-14/h4,7-8,10-12,17H,2-3,5-6,9H2,1H3,(H,18,20)/t11-/m1/s1. The summed E-state index contributed by atoms with van der Waals surface area (Å²) in [5.74, 6) is 0.0978. The van der Waals surface area contributed by atoms with Crippen molar-refractivity contribution >= 4 is 28.6 Å². The van der Waals surface area contributed by atoms with Crippen molar-refractivity contribution in [3.8, 4) is 9.88 Å². The van der Waals surface area contributed by atoms with Crippen LogP contribution in [0.3, 0.4) is 0 Å². The lowest BCUT2D eigenvalue weighted by Crippen LogP contribution is -2.45. The van der Waals surface area contributed by atoms with E-state index in [9.17, 15) is 4.79 Å². The minimum Gasteiger partial charge on any atom is -0.352 e. The van der Waals surface area contributed by atoms with E-state index in [2.05, 4.69) is 32.4 Å². The highest BCUT2D eigenvalue weighted by Crippen LogP contribution is 2.27. The van der Waals surface area contributed by atoms with Gasteiger partial charge in [-0.3, -0.25) is 4.79 Å². The highest BCUT2D eigenvalue weighted by Gasteiger charge is 2.20. The topological polar surface area (TPSA) is 54.0 Å². The Morgan fingerprint density at radius 2 is 2.23 bits per heavy atom. The molecule has 1 aliphatic carbocycles. The van der Waals surface area contributed by atoms with Crippen LogP contribution in [0, 0.1) is 0 Å². The summed E-state index contributed by atoms with van der Waals surface area (Å²) in [7, 11) is 0. The Morgan fingerprint density at radius 3 is 2.95 bits per heavy atom. The van der Waals surface area contributed by atoms with E-state index in [-0.39, 0.29) is 11.9 Å². The molecule has 2 aromatic heterocycles. The summed E-state index contributed by atoms with van der Waals surface area (Å²) < 4.78 is 0. The third-order valence-electron chi connectivity index (χ3n) is 3.97. The molecule has 1 amide bonds. The van der Waals surface area contributed by atoms with E-state index in [4.69, 9.17) is 0 Å². The average Bonchev–Trinajstić information content (AvgIpc) is 3.25. The maximum atomic E-state index is 12.1. The van der Waals surface area contributed by atoms with Crippen molar-refractivity contribution in [2.75, 3.05) is 0 Å². The lowest BCUT2D eigenvalue weighted by molar-refractivity contribution is -0.123. The van der Waals surface area contributed by atoms with E-state index >= 15 is 0 Å². The molecule has 1 aliphatic rings. The van der Waals surface area contributed by atoms with E-state index in [0.29, 0.717) is 12.6 Å². The molecule has 1 saturated carbocycles. The van der Waals surface area contributed by atoms with Crippen LogP contribution in [0.15, 0.2) is 22.9 Å². The molecule has 0 spiro atoms. The Kier molecular flexibility index (Phi) is 5.23. The Hall–Kier alpha value is -1.24. The maximum Gasteiger partial charge on any atom is 0.237 e. The zero-order valence-corrected chi connectivity index (χ0v) is 14.3. The molecule has 0 unspecified atom stereocenters. The fraction of sp³-hybridized carbons (Fsp3) is 0.500. The van der Waals surface area contributed by atoms with Gasteiger partial charge in [0.1, 0.15) is 5.01 Å². The van der Waals surface area contributed by atoms with Gasteiger partial charge in [0.05, 0.1) is 16.6 Å². The molecule has 1 fully saturated rings. The van der Waals surface area contributed by atoms with Crippen LogP contribution in [0.2, 0.25) is 0 Å². The SMILES string of the molecule is C[C@@H](NCc1csc(-c2cccs2)n1)C(=O)NC1CCCC1. The third-order valence-corrected chi connectivity index (χ3v) is 5.90. The second-order valence-corrected chi connectivity index (χ2v) is 7.52. The maximum absolute atomic E-state index is 12.1. The van der Waals surface area contributed by atoms with Gasteiger partial charge in [-0.25, -0.2) is 4.98 Å². The minimum atomic E-state index is -0.188. The Bertz CT molecular complexity index is 603. The quantitative estimate of drug-likeness (QED) is 0.850. The molecule has 118 valence electrons. The first-order chi connectivity index (χ1) is 10.7. The second-order valence-electron chi connectivity index (χ2n) is 5.71. The smallest absolute Gasteiger partial charge is 0.237 e. The Morgan fingerprint density at radius 1 is 1.41 bits per heavy atom. The van der Waals surface area contributed by atoms with Crippen LogP contribution >= 0.6 is 22.7 Å². The zero-order valence-electron chi connectivity index (χ0n) is 12.7. The lowest BCUT2D eigenvalue weighted by Gasteiger charge is -2.17. The summed E-state index contributed by atoms with van der Waals surface area (Å²) in [5, 5.41) is 11.6. The highest BCUT2D eigenvalue weighted by atomic mass is 32.1. The fourth-order valence-electron chi connectivity index (χ4n) is 2.65. The molecular formula is C16H21N3OS2. The second kappa shape index (κ2) is 7.35. The number of carbonyl (C=O) groups excluding carboxylic acids is 1. The van der Waals surface area contributed by atoms with Gasteiger partial charge in [0.2, 0.25) is 5.91 Å². The monoisotopic (exact) mass is 335 g/mol. The molecule has 3 rings (SSSR count). The number of hydrogen-bond donors (Lipinski definition) is 2. The molecule has 0 aromatic carbocycles. The zero-order chi connectivity index (χ0) is 15.4. The van der Waals surface area contributed by atoms with Gasteiger partial charge in [-0.05, 0) is 31.2 Å². The molecular weight excluding hydrogens is 314 g/mol. The van der Waals surface area contributed by atoms with Gasteiger partial charge >= 0.3 is 0 Å². The average molecular weight is 335 g/mol. The van der Waals surface area contributed by atoms with Gasteiger partial charge in [0.25, 0.3) is 0 Å². The number of carbonyl (C=O) groups is 1. The molecule has 2 aromatic rings. The summed E-state index contributed by atoms with van der Waals surface area (Å²) in [6.07, 6.45) is 4.71. The molecule has 1 atom stereocenters. The van der Waals surface area contributed by atoms with Crippen LogP contribution in [0.5, 0.6) is 0 Å². The van der Waals surface area contributed by atoms with Crippen LogP contribution in [-0.2, 0) is 11.3 Å². The van der Waals surface area contributed by atoms with Crippen LogP contribution in [0.4, 0.5) is 0 Å². The van der Waals surface area contributed by atoms with Crippen molar-refractivity contribution in [2.45, 2.75) is 51.2 Å². The molecule has 4 nitrogen and oxygen atoms in total. The number of hydrogen-bond acceptors (Lipinski definition) is 5. The summed E-state index contributed by atoms with van der Waals surface area (Å²) in [6, 6.07) is 4.31. The largest absolute Gasteiger partial charge is 0.352 e. The molecule has 6 heteroatoms. The van der Waals surface area contributed by atoms with Gasteiger partial charge in [-0.2, -0.15) is 0 Å². The number of nitrogens with zero attached hydrogens (tertiary/aromatic N) is 1. The molecule has 0 aliphatic heterocycles. The normalized spacial score (nSPS) is 16.8. The van der Waals surface area contributed by atoms with Crippen LogP contribution in [0.25, 0.3) is 9.88 Å². The van der Waals surface area contributed by atoms with E-state index in [1.54, 1.807) is 22.7 Å². The number of aromatic nitrogens is 1. The predicted molar refractivity (Wildman–Crippen MR) is 92.1 cm³/mol. The lowest BCUT2D eigenvalue weighted by atomic mass is 10.2. The first kappa shape index (κ1) is 15.6. The molecule has 22 heavy (non-hydrogen) atoms.